The summed E-state index contributed by atoms with van der Waals surface area (Å²) in [4.78, 5) is 29.0. The minimum Gasteiger partial charge on any atom is -0.345 e. The van der Waals surface area contributed by atoms with Crippen LogP contribution in [0.2, 0.25) is 0 Å². The number of likely N-dealkylation sites (N-methyl/N-ethyl adjacent to an activating group) is 1. The van der Waals surface area contributed by atoms with Gasteiger partial charge in [-0.15, -0.1) is 5.10 Å². The molecule has 2 N–H and O–H groups in total. The van der Waals surface area contributed by atoms with E-state index >= 15 is 0 Å². The van der Waals surface area contributed by atoms with Crippen LogP contribution in [0.1, 0.15) is 44.1 Å². The maximum absolute atomic E-state index is 11.8. The number of H-pyrrole nitrogens is 1. The highest BCUT2D eigenvalue weighted by atomic mass is 16.2. The third-order valence-corrected chi connectivity index (χ3v) is 2.70. The third kappa shape index (κ3) is 4.04. The van der Waals surface area contributed by atoms with Crippen LogP contribution in [-0.2, 0) is 10.2 Å². The Hall–Kier alpha value is -1.92. The van der Waals surface area contributed by atoms with Crippen molar-refractivity contribution >= 4 is 11.8 Å². The lowest BCUT2D eigenvalue weighted by Gasteiger charge is -2.14. The van der Waals surface area contributed by atoms with Crippen LogP contribution in [0.25, 0.3) is 0 Å². The predicted molar refractivity (Wildman–Crippen MR) is 70.7 cm³/mol. The van der Waals surface area contributed by atoms with Crippen molar-refractivity contribution in [3.05, 3.63) is 11.6 Å². The molecule has 7 nitrogen and oxygen atoms in total. The van der Waals surface area contributed by atoms with Crippen LogP contribution in [0.15, 0.2) is 0 Å². The maximum Gasteiger partial charge on any atom is 0.291 e. The van der Waals surface area contributed by atoms with Crippen molar-refractivity contribution in [3.63, 3.8) is 0 Å². The summed E-state index contributed by atoms with van der Waals surface area (Å²) in [5.74, 6) is 0.0820. The number of carbonyl (C=O) groups is 2. The van der Waals surface area contributed by atoms with Gasteiger partial charge in [0.2, 0.25) is 11.7 Å². The minimum absolute atomic E-state index is 0.0527. The predicted octanol–water partition coefficient (Wildman–Crippen LogP) is 0.310. The number of nitrogens with one attached hydrogen (secondary N) is 2. The normalized spacial score (nSPS) is 11.2. The average Bonchev–Trinajstić information content (AvgIpc) is 2.83. The first-order chi connectivity index (χ1) is 8.75. The van der Waals surface area contributed by atoms with Crippen LogP contribution in [0.4, 0.5) is 0 Å². The Morgan fingerprint density at radius 3 is 2.47 bits per heavy atom. The fourth-order valence-corrected chi connectivity index (χ4v) is 1.25. The molecule has 0 aliphatic carbocycles. The highest BCUT2D eigenvalue weighted by Crippen LogP contribution is 2.17. The highest BCUT2D eigenvalue weighted by Gasteiger charge is 2.21. The second-order valence-corrected chi connectivity index (χ2v) is 5.35. The van der Waals surface area contributed by atoms with E-state index in [-0.39, 0.29) is 23.7 Å². The molecule has 0 unspecified atom stereocenters. The molecule has 106 valence electrons. The summed E-state index contributed by atoms with van der Waals surface area (Å²) in [5.41, 5.74) is -0.205. The lowest BCUT2D eigenvalue weighted by atomic mass is 9.96. The molecule has 1 rings (SSSR count). The van der Waals surface area contributed by atoms with Gasteiger partial charge in [0, 0.05) is 19.0 Å². The lowest BCUT2D eigenvalue weighted by Crippen LogP contribution is -2.38. The average molecular weight is 267 g/mol. The number of aromatic amines is 1. The van der Waals surface area contributed by atoms with Gasteiger partial charge in [-0.3, -0.25) is 14.7 Å². The van der Waals surface area contributed by atoms with Crippen molar-refractivity contribution in [2.75, 3.05) is 20.1 Å². The van der Waals surface area contributed by atoms with Crippen molar-refractivity contribution < 1.29 is 9.59 Å². The summed E-state index contributed by atoms with van der Waals surface area (Å²) in [5, 5.41) is 9.09. The minimum atomic E-state index is -0.454. The molecule has 1 aromatic heterocycles. The van der Waals surface area contributed by atoms with E-state index in [1.807, 2.05) is 27.7 Å². The number of hydrogen-bond acceptors (Lipinski definition) is 4. The SMILES string of the molecule is CCN(C)C(=O)CNC(=O)c1n[nH]c(C(C)(C)C)n1. The van der Waals surface area contributed by atoms with Crippen LogP contribution in [0, 0.1) is 0 Å². The number of carbonyl (C=O) groups excluding carboxylic acids is 2. The van der Waals surface area contributed by atoms with Gasteiger partial charge in [0.25, 0.3) is 5.91 Å². The van der Waals surface area contributed by atoms with Crippen molar-refractivity contribution in [2.45, 2.75) is 33.1 Å². The van der Waals surface area contributed by atoms with Crippen molar-refractivity contribution in [1.82, 2.24) is 25.4 Å². The van der Waals surface area contributed by atoms with Gasteiger partial charge < -0.3 is 10.2 Å². The zero-order valence-electron chi connectivity index (χ0n) is 12.1. The van der Waals surface area contributed by atoms with Crippen molar-refractivity contribution in [3.8, 4) is 0 Å². The first-order valence-corrected chi connectivity index (χ1v) is 6.20. The van der Waals surface area contributed by atoms with Crippen LogP contribution in [-0.4, -0.2) is 52.0 Å². The smallest absolute Gasteiger partial charge is 0.291 e. The van der Waals surface area contributed by atoms with E-state index < -0.39 is 5.91 Å². The van der Waals surface area contributed by atoms with Gasteiger partial charge in [-0.05, 0) is 6.92 Å². The van der Waals surface area contributed by atoms with E-state index in [2.05, 4.69) is 20.5 Å². The van der Waals surface area contributed by atoms with Gasteiger partial charge in [0.15, 0.2) is 0 Å². The number of hydrogen-bond donors (Lipinski definition) is 2. The molecule has 0 aliphatic rings. The molecular weight excluding hydrogens is 246 g/mol. The van der Waals surface area contributed by atoms with Crippen LogP contribution < -0.4 is 5.32 Å². The van der Waals surface area contributed by atoms with E-state index in [4.69, 9.17) is 0 Å². The molecule has 0 spiro atoms. The van der Waals surface area contributed by atoms with Crippen molar-refractivity contribution in [2.24, 2.45) is 0 Å². The molecule has 2 amide bonds. The van der Waals surface area contributed by atoms with E-state index in [0.717, 1.165) is 0 Å². The Kier molecular flexibility index (Phi) is 4.63. The fourth-order valence-electron chi connectivity index (χ4n) is 1.25. The van der Waals surface area contributed by atoms with Crippen LogP contribution in [0.3, 0.4) is 0 Å². The number of aromatic nitrogens is 3. The summed E-state index contributed by atoms with van der Waals surface area (Å²) in [6.45, 7) is 8.31. The molecule has 0 saturated heterocycles. The van der Waals surface area contributed by atoms with Crippen LogP contribution >= 0.6 is 0 Å². The molecule has 0 atom stereocenters. The first-order valence-electron chi connectivity index (χ1n) is 6.20. The summed E-state index contributed by atoms with van der Waals surface area (Å²) >= 11 is 0. The number of amides is 2. The van der Waals surface area contributed by atoms with E-state index in [1.165, 1.54) is 4.90 Å². The largest absolute Gasteiger partial charge is 0.345 e. The molecule has 19 heavy (non-hydrogen) atoms. The Balaban J connectivity index is 2.60. The molecule has 0 aliphatic heterocycles. The quantitative estimate of drug-likeness (QED) is 0.821. The molecule has 7 heteroatoms. The molecule has 0 aromatic carbocycles. The summed E-state index contributed by atoms with van der Waals surface area (Å²) in [7, 11) is 1.68. The highest BCUT2D eigenvalue weighted by molar-refractivity contribution is 5.93. The lowest BCUT2D eigenvalue weighted by molar-refractivity contribution is -0.128. The topological polar surface area (TPSA) is 91.0 Å². The summed E-state index contributed by atoms with van der Waals surface area (Å²) in [6, 6.07) is 0. The molecular formula is C12H21N5O2. The monoisotopic (exact) mass is 267 g/mol. The van der Waals surface area contributed by atoms with E-state index in [1.54, 1.807) is 7.05 Å². The van der Waals surface area contributed by atoms with Gasteiger partial charge in [-0.1, -0.05) is 20.8 Å². The Labute approximate surface area is 112 Å². The molecule has 1 heterocycles. The van der Waals surface area contributed by atoms with Crippen LogP contribution in [0.5, 0.6) is 0 Å². The Morgan fingerprint density at radius 2 is 2.00 bits per heavy atom. The Bertz CT molecular complexity index is 461. The summed E-state index contributed by atoms with van der Waals surface area (Å²) < 4.78 is 0. The van der Waals surface area contributed by atoms with Gasteiger partial charge >= 0.3 is 0 Å². The van der Waals surface area contributed by atoms with Gasteiger partial charge in [0.1, 0.15) is 5.82 Å². The molecule has 0 radical (unpaired) electrons. The zero-order valence-corrected chi connectivity index (χ0v) is 12.1. The second kappa shape index (κ2) is 5.81. The van der Waals surface area contributed by atoms with Gasteiger partial charge in [0.05, 0.1) is 6.54 Å². The van der Waals surface area contributed by atoms with E-state index in [9.17, 15) is 9.59 Å². The first kappa shape index (κ1) is 15.1. The molecule has 1 aromatic rings. The summed E-state index contributed by atoms with van der Waals surface area (Å²) in [6.07, 6.45) is 0. The second-order valence-electron chi connectivity index (χ2n) is 5.35. The number of nitrogens with zero attached hydrogens (tertiary/aromatic N) is 3. The van der Waals surface area contributed by atoms with Gasteiger partial charge in [-0.25, -0.2) is 4.98 Å². The standard InChI is InChI=1S/C12H21N5O2/c1-6-17(5)8(18)7-13-10(19)9-14-11(16-15-9)12(2,3)4/h6-7H2,1-5H3,(H,13,19)(H,14,15,16). The van der Waals surface area contributed by atoms with E-state index in [0.29, 0.717) is 12.4 Å². The maximum atomic E-state index is 11.8. The van der Waals surface area contributed by atoms with Crippen molar-refractivity contribution in [1.29, 1.82) is 0 Å². The molecule has 0 saturated carbocycles. The fraction of sp³-hybridized carbons (Fsp3) is 0.667. The van der Waals surface area contributed by atoms with Gasteiger partial charge in [-0.2, -0.15) is 0 Å². The molecule has 0 bridgehead atoms. The number of rotatable bonds is 4. The zero-order chi connectivity index (χ0) is 14.6. The Morgan fingerprint density at radius 1 is 1.37 bits per heavy atom. The third-order valence-electron chi connectivity index (χ3n) is 2.70. The molecule has 0 fully saturated rings.